The average Bonchev–Trinajstić information content (AvgIpc) is 2.60. The number of benzene rings is 2. The van der Waals surface area contributed by atoms with Crippen molar-refractivity contribution in [2.45, 2.75) is 6.92 Å². The molecule has 0 spiro atoms. The fourth-order valence-electron chi connectivity index (χ4n) is 1.99. The summed E-state index contributed by atoms with van der Waals surface area (Å²) in [5, 5.41) is 2.63. The van der Waals surface area contributed by atoms with Crippen LogP contribution in [-0.4, -0.2) is 32.7 Å². The monoisotopic (exact) mass is 329 g/mol. The van der Waals surface area contributed by atoms with Crippen molar-refractivity contribution < 1.29 is 23.8 Å². The van der Waals surface area contributed by atoms with Crippen LogP contribution in [0.2, 0.25) is 0 Å². The zero-order valence-corrected chi connectivity index (χ0v) is 13.8. The Labute approximate surface area is 140 Å². The second-order valence-corrected chi connectivity index (χ2v) is 5.06. The van der Waals surface area contributed by atoms with E-state index in [0.717, 1.165) is 5.56 Å². The topological polar surface area (TPSA) is 73.9 Å². The summed E-state index contributed by atoms with van der Waals surface area (Å²) < 4.78 is 15.3. The maximum absolute atomic E-state index is 11.9. The van der Waals surface area contributed by atoms with Gasteiger partial charge in [0.1, 0.15) is 11.5 Å². The van der Waals surface area contributed by atoms with Gasteiger partial charge in [-0.1, -0.05) is 17.7 Å². The van der Waals surface area contributed by atoms with Crippen LogP contribution >= 0.6 is 0 Å². The largest absolute Gasteiger partial charge is 0.497 e. The number of carbonyl (C=O) groups excluding carboxylic acids is 2. The van der Waals surface area contributed by atoms with Crippen molar-refractivity contribution in [2.24, 2.45) is 0 Å². The van der Waals surface area contributed by atoms with Crippen LogP contribution in [0.15, 0.2) is 42.5 Å². The molecule has 0 aliphatic rings. The van der Waals surface area contributed by atoms with E-state index in [1.807, 2.05) is 6.92 Å². The van der Waals surface area contributed by atoms with Crippen molar-refractivity contribution in [1.29, 1.82) is 0 Å². The molecule has 0 saturated heterocycles. The second-order valence-electron chi connectivity index (χ2n) is 5.06. The van der Waals surface area contributed by atoms with Crippen molar-refractivity contribution in [2.75, 3.05) is 26.1 Å². The van der Waals surface area contributed by atoms with Crippen LogP contribution in [-0.2, 0) is 9.53 Å². The van der Waals surface area contributed by atoms with Gasteiger partial charge in [-0.05, 0) is 31.2 Å². The summed E-state index contributed by atoms with van der Waals surface area (Å²) in [7, 11) is 3.03. The lowest BCUT2D eigenvalue weighted by Crippen LogP contribution is -2.21. The van der Waals surface area contributed by atoms with Crippen molar-refractivity contribution >= 4 is 17.6 Å². The van der Waals surface area contributed by atoms with E-state index >= 15 is 0 Å². The maximum Gasteiger partial charge on any atom is 0.338 e. The van der Waals surface area contributed by atoms with Crippen LogP contribution in [0.4, 0.5) is 5.69 Å². The minimum atomic E-state index is -0.549. The summed E-state index contributed by atoms with van der Waals surface area (Å²) in [6.45, 7) is 1.53. The van der Waals surface area contributed by atoms with Gasteiger partial charge < -0.3 is 19.5 Å². The van der Waals surface area contributed by atoms with E-state index in [4.69, 9.17) is 14.2 Å². The molecule has 2 rings (SSSR count). The first kappa shape index (κ1) is 17.3. The van der Waals surface area contributed by atoms with Crippen LogP contribution in [0.1, 0.15) is 15.9 Å². The summed E-state index contributed by atoms with van der Waals surface area (Å²) in [5.74, 6) is 0.0500. The molecule has 126 valence electrons. The molecule has 0 heterocycles. The standard InChI is InChI=1S/C18H19NO5/c1-12-4-6-13(7-5-12)18(21)24-11-17(20)19-15-9-8-14(22-2)10-16(15)23-3/h4-10H,11H2,1-3H3,(H,19,20). The Morgan fingerprint density at radius 1 is 1.00 bits per heavy atom. The van der Waals surface area contributed by atoms with Gasteiger partial charge in [-0.15, -0.1) is 0 Å². The van der Waals surface area contributed by atoms with Crippen LogP contribution < -0.4 is 14.8 Å². The number of hydrogen-bond acceptors (Lipinski definition) is 5. The highest BCUT2D eigenvalue weighted by atomic mass is 16.5. The molecule has 0 aliphatic heterocycles. The fraction of sp³-hybridized carbons (Fsp3) is 0.222. The Bertz CT molecular complexity index is 725. The van der Waals surface area contributed by atoms with Crippen molar-refractivity contribution in [3.63, 3.8) is 0 Å². The number of anilines is 1. The van der Waals surface area contributed by atoms with Gasteiger partial charge in [0.05, 0.1) is 25.5 Å². The van der Waals surface area contributed by atoms with Crippen molar-refractivity contribution in [1.82, 2.24) is 0 Å². The van der Waals surface area contributed by atoms with Gasteiger partial charge >= 0.3 is 5.97 Å². The Hall–Kier alpha value is -3.02. The minimum absolute atomic E-state index is 0.387. The molecule has 0 fully saturated rings. The lowest BCUT2D eigenvalue weighted by Gasteiger charge is -2.11. The molecule has 0 saturated carbocycles. The molecular formula is C18H19NO5. The van der Waals surface area contributed by atoms with Crippen LogP contribution in [0.25, 0.3) is 0 Å². The van der Waals surface area contributed by atoms with Gasteiger partial charge in [0.15, 0.2) is 6.61 Å². The first-order chi connectivity index (χ1) is 11.5. The van der Waals surface area contributed by atoms with Gasteiger partial charge in [-0.25, -0.2) is 4.79 Å². The first-order valence-corrected chi connectivity index (χ1v) is 7.29. The lowest BCUT2D eigenvalue weighted by atomic mass is 10.1. The Morgan fingerprint density at radius 2 is 1.71 bits per heavy atom. The summed E-state index contributed by atoms with van der Waals surface area (Å²) in [6.07, 6.45) is 0. The predicted octanol–water partition coefficient (Wildman–Crippen LogP) is 2.81. The molecular weight excluding hydrogens is 310 g/mol. The zero-order chi connectivity index (χ0) is 17.5. The maximum atomic E-state index is 11.9. The van der Waals surface area contributed by atoms with E-state index in [9.17, 15) is 9.59 Å². The summed E-state index contributed by atoms with van der Waals surface area (Å²) in [6, 6.07) is 11.9. The Morgan fingerprint density at radius 3 is 2.33 bits per heavy atom. The lowest BCUT2D eigenvalue weighted by molar-refractivity contribution is -0.119. The third-order valence-electron chi connectivity index (χ3n) is 3.30. The number of amides is 1. The predicted molar refractivity (Wildman–Crippen MR) is 89.6 cm³/mol. The van der Waals surface area contributed by atoms with Gasteiger partial charge in [-0.3, -0.25) is 4.79 Å². The summed E-state index contributed by atoms with van der Waals surface area (Å²) in [5.41, 5.74) is 1.90. The van der Waals surface area contributed by atoms with Crippen molar-refractivity contribution in [3.8, 4) is 11.5 Å². The van der Waals surface area contributed by atoms with E-state index in [-0.39, 0.29) is 6.61 Å². The van der Waals surface area contributed by atoms with Gasteiger partial charge in [0.2, 0.25) is 0 Å². The highest BCUT2D eigenvalue weighted by Gasteiger charge is 2.12. The fourth-order valence-corrected chi connectivity index (χ4v) is 1.99. The number of aryl methyl sites for hydroxylation is 1. The third kappa shape index (κ3) is 4.49. The molecule has 2 aromatic carbocycles. The molecule has 0 bridgehead atoms. The molecule has 0 aromatic heterocycles. The highest BCUT2D eigenvalue weighted by Crippen LogP contribution is 2.28. The number of ether oxygens (including phenoxy) is 3. The molecule has 2 aromatic rings. The summed E-state index contributed by atoms with van der Waals surface area (Å²) >= 11 is 0. The Kier molecular flexibility index (Phi) is 5.78. The first-order valence-electron chi connectivity index (χ1n) is 7.29. The minimum Gasteiger partial charge on any atom is -0.497 e. The van der Waals surface area contributed by atoms with Gasteiger partial charge in [-0.2, -0.15) is 0 Å². The number of methoxy groups -OCH3 is 2. The number of rotatable bonds is 6. The van der Waals surface area contributed by atoms with Gasteiger partial charge in [0, 0.05) is 6.07 Å². The molecule has 6 nitrogen and oxygen atoms in total. The third-order valence-corrected chi connectivity index (χ3v) is 3.30. The molecule has 1 amide bonds. The van der Waals surface area contributed by atoms with E-state index in [2.05, 4.69) is 5.32 Å². The molecule has 0 radical (unpaired) electrons. The number of nitrogens with one attached hydrogen (secondary N) is 1. The molecule has 1 N–H and O–H groups in total. The quantitative estimate of drug-likeness (QED) is 0.825. The Balaban J connectivity index is 1.93. The van der Waals surface area contributed by atoms with E-state index in [1.54, 1.807) is 42.5 Å². The number of esters is 1. The molecule has 24 heavy (non-hydrogen) atoms. The molecule has 0 aliphatic carbocycles. The van der Waals surface area contributed by atoms with E-state index < -0.39 is 11.9 Å². The normalized spacial score (nSPS) is 9.96. The smallest absolute Gasteiger partial charge is 0.338 e. The number of hydrogen-bond donors (Lipinski definition) is 1. The highest BCUT2D eigenvalue weighted by molar-refractivity contribution is 5.96. The molecule has 0 atom stereocenters. The van der Waals surface area contributed by atoms with Crippen LogP contribution in [0.5, 0.6) is 11.5 Å². The zero-order valence-electron chi connectivity index (χ0n) is 13.8. The van der Waals surface area contributed by atoms with E-state index in [0.29, 0.717) is 22.7 Å². The SMILES string of the molecule is COc1ccc(NC(=O)COC(=O)c2ccc(C)cc2)c(OC)c1. The molecule has 0 unspecified atom stereocenters. The van der Waals surface area contributed by atoms with Crippen molar-refractivity contribution in [3.05, 3.63) is 53.6 Å². The molecule has 6 heteroatoms. The summed E-state index contributed by atoms with van der Waals surface area (Å²) in [4.78, 5) is 23.8. The van der Waals surface area contributed by atoms with Crippen LogP contribution in [0, 0.1) is 6.92 Å². The van der Waals surface area contributed by atoms with Crippen LogP contribution in [0.3, 0.4) is 0 Å². The van der Waals surface area contributed by atoms with Gasteiger partial charge in [0.25, 0.3) is 5.91 Å². The second kappa shape index (κ2) is 8.01. The van der Waals surface area contributed by atoms with E-state index in [1.165, 1.54) is 14.2 Å². The number of carbonyl (C=O) groups is 2. The average molecular weight is 329 g/mol.